The van der Waals surface area contributed by atoms with E-state index >= 15 is 0 Å². The van der Waals surface area contributed by atoms with Crippen molar-refractivity contribution in [2.75, 3.05) is 39.4 Å². The fraction of sp³-hybridized carbons (Fsp3) is 0.579. The van der Waals surface area contributed by atoms with Gasteiger partial charge in [0.15, 0.2) is 0 Å². The summed E-state index contributed by atoms with van der Waals surface area (Å²) < 4.78 is 5.40. The zero-order valence-corrected chi connectivity index (χ0v) is 15.4. The van der Waals surface area contributed by atoms with Gasteiger partial charge in [-0.25, -0.2) is 0 Å². The van der Waals surface area contributed by atoms with Gasteiger partial charge in [-0.2, -0.15) is 0 Å². The van der Waals surface area contributed by atoms with E-state index in [2.05, 4.69) is 29.4 Å². The third kappa shape index (κ3) is 5.83. The largest absolute Gasteiger partial charge is 0.379 e. The first-order valence-corrected chi connectivity index (χ1v) is 8.91. The van der Waals surface area contributed by atoms with Crippen LogP contribution in [0.2, 0.25) is 0 Å². The highest BCUT2D eigenvalue weighted by molar-refractivity contribution is 5.97. The number of hydrogen-bond donors (Lipinski definition) is 2. The lowest BCUT2D eigenvalue weighted by Gasteiger charge is -2.36. The second-order valence-corrected chi connectivity index (χ2v) is 6.76. The van der Waals surface area contributed by atoms with Crippen LogP contribution >= 0.6 is 0 Å². The van der Waals surface area contributed by atoms with E-state index in [9.17, 15) is 9.59 Å². The van der Waals surface area contributed by atoms with Gasteiger partial charge in [0, 0.05) is 31.2 Å². The smallest absolute Gasteiger partial charge is 0.251 e. The Balaban J connectivity index is 1.79. The highest BCUT2D eigenvalue weighted by Crippen LogP contribution is 2.12. The molecule has 0 aromatic heterocycles. The first-order chi connectivity index (χ1) is 12.0. The lowest BCUT2D eigenvalue weighted by atomic mass is 10.0. The maximum absolute atomic E-state index is 12.2. The van der Waals surface area contributed by atoms with Crippen LogP contribution in [-0.2, 0) is 9.53 Å². The Hall–Kier alpha value is -1.92. The van der Waals surface area contributed by atoms with E-state index in [-0.39, 0.29) is 24.4 Å². The van der Waals surface area contributed by atoms with Gasteiger partial charge in [-0.1, -0.05) is 32.0 Å². The zero-order chi connectivity index (χ0) is 18.2. The Labute approximate surface area is 149 Å². The molecule has 0 aliphatic carbocycles. The molecule has 25 heavy (non-hydrogen) atoms. The Morgan fingerprint density at radius 3 is 2.48 bits per heavy atom. The number of ether oxygens (including phenoxy) is 1. The fourth-order valence-electron chi connectivity index (χ4n) is 3.06. The summed E-state index contributed by atoms with van der Waals surface area (Å²) in [4.78, 5) is 26.6. The van der Waals surface area contributed by atoms with Gasteiger partial charge in [0.1, 0.15) is 0 Å². The average molecular weight is 347 g/mol. The minimum absolute atomic E-state index is 0.0128. The van der Waals surface area contributed by atoms with Crippen molar-refractivity contribution in [2.24, 2.45) is 5.92 Å². The standard InChI is InChI=1S/C19H29N3O3/c1-14(2)17(22-8-10-25-11-9-22)12-20-18(23)13-21-19(24)16-7-5-4-6-15(16)3/h4-7,14,17H,8-13H2,1-3H3,(H,20,23)(H,21,24). The molecule has 1 fully saturated rings. The van der Waals surface area contributed by atoms with Crippen LogP contribution in [0.1, 0.15) is 29.8 Å². The molecule has 1 atom stereocenters. The van der Waals surface area contributed by atoms with Gasteiger partial charge in [0.25, 0.3) is 5.91 Å². The number of nitrogens with zero attached hydrogens (tertiary/aromatic N) is 1. The van der Waals surface area contributed by atoms with Crippen LogP contribution in [0.4, 0.5) is 0 Å². The highest BCUT2D eigenvalue weighted by Gasteiger charge is 2.24. The molecule has 1 aliphatic rings. The van der Waals surface area contributed by atoms with Crippen molar-refractivity contribution in [1.82, 2.24) is 15.5 Å². The van der Waals surface area contributed by atoms with Gasteiger partial charge in [0.2, 0.25) is 5.91 Å². The molecule has 2 amide bonds. The molecular formula is C19H29N3O3. The molecule has 138 valence electrons. The SMILES string of the molecule is Cc1ccccc1C(=O)NCC(=O)NCC(C(C)C)N1CCOCC1. The Morgan fingerprint density at radius 2 is 1.84 bits per heavy atom. The van der Waals surface area contributed by atoms with Crippen molar-refractivity contribution in [3.8, 4) is 0 Å². The van der Waals surface area contributed by atoms with E-state index in [1.165, 1.54) is 0 Å². The van der Waals surface area contributed by atoms with E-state index in [0.717, 1.165) is 31.9 Å². The topological polar surface area (TPSA) is 70.7 Å². The van der Waals surface area contributed by atoms with Gasteiger partial charge < -0.3 is 15.4 Å². The van der Waals surface area contributed by atoms with Crippen LogP contribution in [0, 0.1) is 12.8 Å². The van der Waals surface area contributed by atoms with E-state index in [1.807, 2.05) is 25.1 Å². The number of rotatable bonds is 7. The molecular weight excluding hydrogens is 318 g/mol. The summed E-state index contributed by atoms with van der Waals surface area (Å²) in [6.45, 7) is 10.0. The summed E-state index contributed by atoms with van der Waals surface area (Å²) in [5, 5.41) is 5.63. The van der Waals surface area contributed by atoms with E-state index in [4.69, 9.17) is 4.74 Å². The summed E-state index contributed by atoms with van der Waals surface area (Å²) in [7, 11) is 0. The van der Waals surface area contributed by atoms with Crippen LogP contribution in [0.15, 0.2) is 24.3 Å². The second kappa shape index (κ2) is 9.53. The molecule has 6 heteroatoms. The molecule has 6 nitrogen and oxygen atoms in total. The minimum atomic E-state index is -0.221. The Bertz CT molecular complexity index is 583. The normalized spacial score (nSPS) is 16.5. The highest BCUT2D eigenvalue weighted by atomic mass is 16.5. The molecule has 1 unspecified atom stereocenters. The first-order valence-electron chi connectivity index (χ1n) is 8.91. The van der Waals surface area contributed by atoms with Crippen molar-refractivity contribution in [1.29, 1.82) is 0 Å². The summed E-state index contributed by atoms with van der Waals surface area (Å²) in [5.41, 5.74) is 1.50. The number of hydrogen-bond acceptors (Lipinski definition) is 4. The summed E-state index contributed by atoms with van der Waals surface area (Å²) in [6, 6.07) is 7.62. The number of morpholine rings is 1. The molecule has 0 bridgehead atoms. The maximum Gasteiger partial charge on any atom is 0.251 e. The molecule has 2 N–H and O–H groups in total. The molecule has 1 aliphatic heterocycles. The molecule has 1 aromatic carbocycles. The first kappa shape index (κ1) is 19.4. The van der Waals surface area contributed by atoms with Crippen LogP contribution in [-0.4, -0.2) is 62.1 Å². The molecule has 0 spiro atoms. The third-order valence-electron chi connectivity index (χ3n) is 4.59. The molecule has 1 aromatic rings. The maximum atomic E-state index is 12.2. The minimum Gasteiger partial charge on any atom is -0.379 e. The summed E-state index contributed by atoms with van der Waals surface area (Å²) in [6.07, 6.45) is 0. The fourth-order valence-corrected chi connectivity index (χ4v) is 3.06. The number of aryl methyl sites for hydroxylation is 1. The van der Waals surface area contributed by atoms with Gasteiger partial charge in [0.05, 0.1) is 19.8 Å². The lowest BCUT2D eigenvalue weighted by molar-refractivity contribution is -0.120. The van der Waals surface area contributed by atoms with E-state index in [1.54, 1.807) is 6.07 Å². The number of nitrogens with one attached hydrogen (secondary N) is 2. The summed E-state index contributed by atoms with van der Waals surface area (Å²) in [5.74, 6) is 0.0441. The van der Waals surface area contributed by atoms with Crippen molar-refractivity contribution < 1.29 is 14.3 Å². The molecule has 1 heterocycles. The summed E-state index contributed by atoms with van der Waals surface area (Å²) >= 11 is 0. The van der Waals surface area contributed by atoms with E-state index in [0.29, 0.717) is 18.0 Å². The van der Waals surface area contributed by atoms with Crippen molar-refractivity contribution >= 4 is 11.8 Å². The lowest BCUT2D eigenvalue weighted by Crippen LogP contribution is -2.52. The van der Waals surface area contributed by atoms with Crippen molar-refractivity contribution in [2.45, 2.75) is 26.8 Å². The van der Waals surface area contributed by atoms with Crippen LogP contribution in [0.25, 0.3) is 0 Å². The Morgan fingerprint density at radius 1 is 1.16 bits per heavy atom. The van der Waals surface area contributed by atoms with Crippen LogP contribution in [0.5, 0.6) is 0 Å². The molecule has 0 radical (unpaired) electrons. The van der Waals surface area contributed by atoms with Crippen molar-refractivity contribution in [3.63, 3.8) is 0 Å². The number of amides is 2. The third-order valence-corrected chi connectivity index (χ3v) is 4.59. The predicted octanol–water partition coefficient (Wildman–Crippen LogP) is 1.20. The van der Waals surface area contributed by atoms with Gasteiger partial charge >= 0.3 is 0 Å². The molecule has 0 saturated carbocycles. The Kier molecular flexibility index (Phi) is 7.40. The monoisotopic (exact) mass is 347 g/mol. The van der Waals surface area contributed by atoms with Gasteiger partial charge in [-0.3, -0.25) is 14.5 Å². The van der Waals surface area contributed by atoms with Gasteiger partial charge in [-0.05, 0) is 24.5 Å². The van der Waals surface area contributed by atoms with Crippen LogP contribution in [0.3, 0.4) is 0 Å². The predicted molar refractivity (Wildman–Crippen MR) is 97.5 cm³/mol. The van der Waals surface area contributed by atoms with E-state index < -0.39 is 0 Å². The number of benzene rings is 1. The van der Waals surface area contributed by atoms with Crippen LogP contribution < -0.4 is 10.6 Å². The zero-order valence-electron chi connectivity index (χ0n) is 15.4. The second-order valence-electron chi connectivity index (χ2n) is 6.76. The van der Waals surface area contributed by atoms with Gasteiger partial charge in [-0.15, -0.1) is 0 Å². The number of carbonyl (C=O) groups excluding carboxylic acids is 2. The number of carbonyl (C=O) groups is 2. The van der Waals surface area contributed by atoms with Crippen molar-refractivity contribution in [3.05, 3.63) is 35.4 Å². The molecule has 1 saturated heterocycles. The quantitative estimate of drug-likeness (QED) is 0.777. The molecule has 2 rings (SSSR count). The average Bonchev–Trinajstić information content (AvgIpc) is 2.61.